The lowest BCUT2D eigenvalue weighted by Crippen LogP contribution is -1.90. The van der Waals surface area contributed by atoms with Crippen LogP contribution in [0.4, 0.5) is 0 Å². The van der Waals surface area contributed by atoms with Crippen molar-refractivity contribution in [2.75, 3.05) is 21.3 Å². The highest BCUT2D eigenvalue weighted by Crippen LogP contribution is 2.27. The molecule has 0 aliphatic heterocycles. The molecule has 0 aliphatic rings. The molecule has 0 heterocycles. The molecule has 0 spiro atoms. The lowest BCUT2D eigenvalue weighted by molar-refractivity contribution is 0.402. The molecule has 0 fully saturated rings. The Morgan fingerprint density at radius 3 is 1.96 bits per heavy atom. The van der Waals surface area contributed by atoms with Crippen LogP contribution in [0.25, 0.3) is 18.2 Å². The van der Waals surface area contributed by atoms with E-state index in [9.17, 15) is 0 Å². The smallest absolute Gasteiger partial charge is 0.126 e. The Kier molecular flexibility index (Phi) is 6.70. The van der Waals surface area contributed by atoms with Gasteiger partial charge in [0.05, 0.1) is 21.3 Å². The second-order valence-corrected chi connectivity index (χ2v) is 6.05. The van der Waals surface area contributed by atoms with Crippen LogP contribution < -0.4 is 14.2 Å². The van der Waals surface area contributed by atoms with Gasteiger partial charge < -0.3 is 14.2 Å². The summed E-state index contributed by atoms with van der Waals surface area (Å²) in [5.41, 5.74) is 3.13. The second kappa shape index (κ2) is 8.97. The number of rotatable bonds is 7. The van der Waals surface area contributed by atoms with E-state index in [-0.39, 0.29) is 0 Å². The van der Waals surface area contributed by atoms with Crippen LogP contribution in [0.15, 0.2) is 42.5 Å². The summed E-state index contributed by atoms with van der Waals surface area (Å²) in [6.07, 6.45) is 8.35. The van der Waals surface area contributed by atoms with Crippen molar-refractivity contribution < 1.29 is 14.2 Å². The fraction of sp³-hybridized carbons (Fsp3) is 0.273. The van der Waals surface area contributed by atoms with E-state index in [4.69, 9.17) is 14.2 Å². The minimum absolute atomic E-state index is 0.491. The zero-order valence-corrected chi connectivity index (χ0v) is 15.6. The maximum atomic E-state index is 5.45. The van der Waals surface area contributed by atoms with E-state index in [0.29, 0.717) is 5.92 Å². The van der Waals surface area contributed by atoms with Crippen LogP contribution in [0.1, 0.15) is 30.5 Å². The van der Waals surface area contributed by atoms with Crippen LogP contribution in [-0.4, -0.2) is 21.3 Å². The van der Waals surface area contributed by atoms with Crippen molar-refractivity contribution in [2.45, 2.75) is 13.8 Å². The Morgan fingerprint density at radius 2 is 1.36 bits per heavy atom. The molecule has 0 saturated carbocycles. The zero-order valence-electron chi connectivity index (χ0n) is 15.6. The van der Waals surface area contributed by atoms with Gasteiger partial charge in [0.25, 0.3) is 0 Å². The molecule has 0 saturated heterocycles. The summed E-state index contributed by atoms with van der Waals surface area (Å²) in [6.45, 7) is 4.31. The maximum absolute atomic E-state index is 5.45. The van der Waals surface area contributed by atoms with Gasteiger partial charge >= 0.3 is 0 Å². The Labute approximate surface area is 150 Å². The van der Waals surface area contributed by atoms with Crippen molar-refractivity contribution in [3.63, 3.8) is 0 Å². The molecular weight excluding hydrogens is 312 g/mol. The highest BCUT2D eigenvalue weighted by atomic mass is 16.5. The Bertz CT molecular complexity index is 758. The molecule has 2 aromatic rings. The average molecular weight is 338 g/mol. The summed E-state index contributed by atoms with van der Waals surface area (Å²) in [5, 5.41) is 0. The van der Waals surface area contributed by atoms with Gasteiger partial charge in [0.1, 0.15) is 17.2 Å². The van der Waals surface area contributed by atoms with Crippen LogP contribution in [0.2, 0.25) is 0 Å². The van der Waals surface area contributed by atoms with E-state index in [0.717, 1.165) is 33.9 Å². The van der Waals surface area contributed by atoms with E-state index >= 15 is 0 Å². The van der Waals surface area contributed by atoms with Gasteiger partial charge in [-0.1, -0.05) is 44.2 Å². The molecule has 2 rings (SSSR count). The molecule has 25 heavy (non-hydrogen) atoms. The van der Waals surface area contributed by atoms with Crippen LogP contribution in [0.5, 0.6) is 17.2 Å². The van der Waals surface area contributed by atoms with Gasteiger partial charge in [0, 0.05) is 11.1 Å². The number of methoxy groups -OCH3 is 3. The van der Waals surface area contributed by atoms with Gasteiger partial charge in [-0.05, 0) is 41.8 Å². The number of benzene rings is 2. The van der Waals surface area contributed by atoms with Crippen molar-refractivity contribution in [3.8, 4) is 17.2 Å². The molecule has 0 bridgehead atoms. The molecule has 0 amide bonds. The fourth-order valence-electron chi connectivity index (χ4n) is 2.44. The number of hydrogen-bond donors (Lipinski definition) is 0. The van der Waals surface area contributed by atoms with Crippen LogP contribution in [-0.2, 0) is 0 Å². The molecule has 132 valence electrons. The average Bonchev–Trinajstić information content (AvgIpc) is 2.64. The molecule has 3 nitrogen and oxygen atoms in total. The second-order valence-electron chi connectivity index (χ2n) is 6.05. The van der Waals surface area contributed by atoms with Crippen molar-refractivity contribution in [1.82, 2.24) is 0 Å². The summed E-state index contributed by atoms with van der Waals surface area (Å²) < 4.78 is 16.2. The Balaban J connectivity index is 2.33. The van der Waals surface area contributed by atoms with Crippen molar-refractivity contribution in [1.29, 1.82) is 0 Å². The van der Waals surface area contributed by atoms with Crippen LogP contribution in [0, 0.1) is 5.92 Å². The highest BCUT2D eigenvalue weighted by molar-refractivity contribution is 5.75. The molecule has 0 N–H and O–H groups in total. The third kappa shape index (κ3) is 5.15. The lowest BCUT2D eigenvalue weighted by Gasteiger charge is -2.08. The molecule has 0 atom stereocenters. The van der Waals surface area contributed by atoms with Gasteiger partial charge in [-0.25, -0.2) is 0 Å². The van der Waals surface area contributed by atoms with E-state index in [1.165, 1.54) is 0 Å². The Morgan fingerprint density at radius 1 is 0.720 bits per heavy atom. The first-order valence-electron chi connectivity index (χ1n) is 8.33. The van der Waals surface area contributed by atoms with Gasteiger partial charge in [-0.3, -0.25) is 0 Å². The molecule has 2 aromatic carbocycles. The van der Waals surface area contributed by atoms with E-state index in [1.54, 1.807) is 21.3 Å². The van der Waals surface area contributed by atoms with E-state index in [1.807, 2.05) is 36.4 Å². The largest absolute Gasteiger partial charge is 0.497 e. The number of hydrogen-bond acceptors (Lipinski definition) is 3. The Hall–Kier alpha value is -2.68. The minimum Gasteiger partial charge on any atom is -0.497 e. The minimum atomic E-state index is 0.491. The summed E-state index contributed by atoms with van der Waals surface area (Å²) in [4.78, 5) is 0. The summed E-state index contributed by atoms with van der Waals surface area (Å²) in [5.74, 6) is 2.97. The molecule has 3 heteroatoms. The normalized spacial score (nSPS) is 11.4. The van der Waals surface area contributed by atoms with Gasteiger partial charge in [0.15, 0.2) is 0 Å². The van der Waals surface area contributed by atoms with Gasteiger partial charge in [-0.15, -0.1) is 0 Å². The zero-order chi connectivity index (χ0) is 18.2. The van der Waals surface area contributed by atoms with Crippen LogP contribution in [0.3, 0.4) is 0 Å². The van der Waals surface area contributed by atoms with Crippen molar-refractivity contribution in [2.24, 2.45) is 5.92 Å². The first-order valence-corrected chi connectivity index (χ1v) is 8.33. The molecule has 0 aromatic heterocycles. The van der Waals surface area contributed by atoms with E-state index < -0.39 is 0 Å². The number of allylic oxidation sites excluding steroid dienone is 1. The predicted octanol–water partition coefficient (Wildman–Crippen LogP) is 5.55. The SMILES string of the molecule is COc1ccc(OC)c(/C=C/c2ccc(OC)c(/C=C/C(C)C)c2)c1. The summed E-state index contributed by atoms with van der Waals surface area (Å²) in [7, 11) is 5.02. The molecule has 0 radical (unpaired) electrons. The highest BCUT2D eigenvalue weighted by Gasteiger charge is 2.03. The molecule has 0 unspecified atom stereocenters. The van der Waals surface area contributed by atoms with Crippen LogP contribution >= 0.6 is 0 Å². The monoisotopic (exact) mass is 338 g/mol. The first kappa shape index (κ1) is 18.7. The third-order valence-corrected chi connectivity index (χ3v) is 3.81. The predicted molar refractivity (Wildman–Crippen MR) is 105 cm³/mol. The lowest BCUT2D eigenvalue weighted by atomic mass is 10.1. The van der Waals surface area contributed by atoms with E-state index in [2.05, 4.69) is 38.1 Å². The quantitative estimate of drug-likeness (QED) is 0.619. The van der Waals surface area contributed by atoms with Crippen molar-refractivity contribution in [3.05, 3.63) is 59.2 Å². The summed E-state index contributed by atoms with van der Waals surface area (Å²) >= 11 is 0. The van der Waals surface area contributed by atoms with Crippen molar-refractivity contribution >= 4 is 18.2 Å². The third-order valence-electron chi connectivity index (χ3n) is 3.81. The number of ether oxygens (including phenoxy) is 3. The summed E-state index contributed by atoms with van der Waals surface area (Å²) in [6, 6.07) is 11.9. The van der Waals surface area contributed by atoms with Gasteiger partial charge in [0.2, 0.25) is 0 Å². The standard InChI is InChI=1S/C22H26O3/c1-16(2)6-9-18-14-17(8-12-21(18)24-4)7-10-19-15-20(23-3)11-13-22(19)25-5/h6-16H,1-5H3/b9-6+,10-7+. The topological polar surface area (TPSA) is 27.7 Å². The maximum Gasteiger partial charge on any atom is 0.126 e. The fourth-order valence-corrected chi connectivity index (χ4v) is 2.44. The molecular formula is C22H26O3. The van der Waals surface area contributed by atoms with Gasteiger partial charge in [-0.2, -0.15) is 0 Å². The molecule has 0 aliphatic carbocycles. The first-order chi connectivity index (χ1) is 12.1.